The second kappa shape index (κ2) is 3.49. The van der Waals surface area contributed by atoms with Crippen LogP contribution in [0.15, 0.2) is 18.3 Å². The van der Waals surface area contributed by atoms with E-state index in [0.29, 0.717) is 6.04 Å². The lowest BCUT2D eigenvalue weighted by molar-refractivity contribution is 0.628. The predicted molar refractivity (Wildman–Crippen MR) is 46.4 cm³/mol. The first-order valence-electron chi connectivity index (χ1n) is 3.84. The Morgan fingerprint density at radius 3 is 2.82 bits per heavy atom. The lowest BCUT2D eigenvalue weighted by Crippen LogP contribution is -2.14. The number of hydrogen-bond donors (Lipinski definition) is 1. The number of nitrogens with one attached hydrogen (secondary N) is 1. The molecular weight excluding hydrogens is 136 g/mol. The van der Waals surface area contributed by atoms with E-state index in [1.165, 1.54) is 5.56 Å². The van der Waals surface area contributed by atoms with Crippen LogP contribution < -0.4 is 5.32 Å². The van der Waals surface area contributed by atoms with Gasteiger partial charge in [0.1, 0.15) is 0 Å². The molecule has 0 spiro atoms. The zero-order valence-corrected chi connectivity index (χ0v) is 7.26. The van der Waals surface area contributed by atoms with E-state index >= 15 is 0 Å². The summed E-state index contributed by atoms with van der Waals surface area (Å²) in [6.45, 7) is 4.19. The van der Waals surface area contributed by atoms with E-state index in [0.717, 1.165) is 5.69 Å². The molecule has 60 valence electrons. The predicted octanol–water partition coefficient (Wildman–Crippen LogP) is 1.67. The van der Waals surface area contributed by atoms with Crippen molar-refractivity contribution >= 4 is 0 Å². The van der Waals surface area contributed by atoms with Crippen LogP contribution in [-0.4, -0.2) is 12.0 Å². The molecule has 0 unspecified atom stereocenters. The van der Waals surface area contributed by atoms with Gasteiger partial charge in [0.25, 0.3) is 0 Å². The van der Waals surface area contributed by atoms with Crippen LogP contribution >= 0.6 is 0 Å². The van der Waals surface area contributed by atoms with Crippen molar-refractivity contribution in [2.75, 3.05) is 7.05 Å². The number of aryl methyl sites for hydroxylation is 1. The van der Waals surface area contributed by atoms with Crippen molar-refractivity contribution in [2.45, 2.75) is 19.9 Å². The molecule has 0 aromatic carbocycles. The molecule has 1 rings (SSSR count). The molecule has 2 nitrogen and oxygen atoms in total. The zero-order chi connectivity index (χ0) is 8.27. The van der Waals surface area contributed by atoms with Gasteiger partial charge in [-0.2, -0.15) is 0 Å². The lowest BCUT2D eigenvalue weighted by Gasteiger charge is -2.11. The van der Waals surface area contributed by atoms with Crippen molar-refractivity contribution in [1.29, 1.82) is 0 Å². The van der Waals surface area contributed by atoms with E-state index in [1.54, 1.807) is 0 Å². The average molecular weight is 150 g/mol. The van der Waals surface area contributed by atoms with E-state index in [-0.39, 0.29) is 0 Å². The Hall–Kier alpha value is -0.890. The Morgan fingerprint density at radius 2 is 2.27 bits per heavy atom. The van der Waals surface area contributed by atoms with E-state index in [2.05, 4.69) is 30.2 Å². The third kappa shape index (κ3) is 1.77. The summed E-state index contributed by atoms with van der Waals surface area (Å²) in [5.74, 6) is 0. The molecule has 1 aromatic heterocycles. The molecule has 0 radical (unpaired) electrons. The molecule has 1 N–H and O–H groups in total. The van der Waals surface area contributed by atoms with Gasteiger partial charge >= 0.3 is 0 Å². The molecule has 1 heterocycles. The summed E-state index contributed by atoms with van der Waals surface area (Å²) in [5.41, 5.74) is 2.38. The molecular formula is C9H14N2. The molecule has 0 bridgehead atoms. The summed E-state index contributed by atoms with van der Waals surface area (Å²) in [7, 11) is 1.94. The fourth-order valence-electron chi connectivity index (χ4n) is 1.09. The minimum absolute atomic E-state index is 0.344. The first kappa shape index (κ1) is 8.21. The molecule has 0 fully saturated rings. The maximum absolute atomic E-state index is 4.29. The van der Waals surface area contributed by atoms with Gasteiger partial charge in [-0.25, -0.2) is 0 Å². The largest absolute Gasteiger partial charge is 0.312 e. The summed E-state index contributed by atoms with van der Waals surface area (Å²) in [5, 5.41) is 3.16. The van der Waals surface area contributed by atoms with Crippen molar-refractivity contribution in [3.63, 3.8) is 0 Å². The normalized spacial score (nSPS) is 13.0. The van der Waals surface area contributed by atoms with E-state index in [9.17, 15) is 0 Å². The van der Waals surface area contributed by atoms with Crippen molar-refractivity contribution in [2.24, 2.45) is 0 Å². The van der Waals surface area contributed by atoms with Crippen LogP contribution in [0.3, 0.4) is 0 Å². The molecule has 0 saturated heterocycles. The van der Waals surface area contributed by atoms with Crippen LogP contribution in [0.5, 0.6) is 0 Å². The third-order valence-electron chi connectivity index (χ3n) is 1.89. The Bertz CT molecular complexity index is 233. The zero-order valence-electron chi connectivity index (χ0n) is 7.26. The number of aromatic nitrogens is 1. The summed E-state index contributed by atoms with van der Waals surface area (Å²) in [4.78, 5) is 4.29. The van der Waals surface area contributed by atoms with Gasteiger partial charge in [-0.15, -0.1) is 0 Å². The van der Waals surface area contributed by atoms with Crippen LogP contribution in [0.25, 0.3) is 0 Å². The Kier molecular flexibility index (Phi) is 2.60. The maximum Gasteiger partial charge on any atom is 0.0599 e. The van der Waals surface area contributed by atoms with Crippen molar-refractivity contribution in [3.05, 3.63) is 29.6 Å². The van der Waals surface area contributed by atoms with Gasteiger partial charge in [-0.05, 0) is 32.5 Å². The molecule has 0 saturated carbocycles. The van der Waals surface area contributed by atoms with Crippen molar-refractivity contribution in [1.82, 2.24) is 10.3 Å². The number of nitrogens with zero attached hydrogens (tertiary/aromatic N) is 1. The summed E-state index contributed by atoms with van der Waals surface area (Å²) < 4.78 is 0. The van der Waals surface area contributed by atoms with Crippen molar-refractivity contribution < 1.29 is 0 Å². The van der Waals surface area contributed by atoms with Gasteiger partial charge in [0.2, 0.25) is 0 Å². The Balaban J connectivity index is 2.93. The van der Waals surface area contributed by atoms with Gasteiger partial charge < -0.3 is 5.32 Å². The second-order valence-electron chi connectivity index (χ2n) is 2.72. The topological polar surface area (TPSA) is 24.9 Å². The average Bonchev–Trinajstić information content (AvgIpc) is 2.04. The molecule has 11 heavy (non-hydrogen) atoms. The molecule has 1 aromatic rings. The first-order chi connectivity index (χ1) is 5.25. The number of rotatable bonds is 2. The number of pyridine rings is 1. The maximum atomic E-state index is 4.29. The Morgan fingerprint density at radius 1 is 1.55 bits per heavy atom. The summed E-state index contributed by atoms with van der Waals surface area (Å²) >= 11 is 0. The summed E-state index contributed by atoms with van der Waals surface area (Å²) in [6.07, 6.45) is 1.83. The minimum atomic E-state index is 0.344. The lowest BCUT2D eigenvalue weighted by atomic mass is 10.1. The second-order valence-corrected chi connectivity index (χ2v) is 2.72. The minimum Gasteiger partial charge on any atom is -0.312 e. The SMILES string of the molecule is CN[C@@H](C)c1ncccc1C. The standard InChI is InChI=1S/C9H14N2/c1-7-5-4-6-11-9(7)8(2)10-3/h4-6,8,10H,1-3H3/t8-/m0/s1. The fraction of sp³-hybridized carbons (Fsp3) is 0.444. The Labute approximate surface area is 67.7 Å². The van der Waals surface area contributed by atoms with Gasteiger partial charge in [0.05, 0.1) is 5.69 Å². The highest BCUT2D eigenvalue weighted by molar-refractivity contribution is 5.20. The molecule has 0 amide bonds. The fourth-order valence-corrected chi connectivity index (χ4v) is 1.09. The molecule has 1 atom stereocenters. The highest BCUT2D eigenvalue weighted by atomic mass is 14.9. The van der Waals surface area contributed by atoms with Crippen LogP contribution in [0, 0.1) is 6.92 Å². The van der Waals surface area contributed by atoms with E-state index in [1.807, 2.05) is 19.3 Å². The van der Waals surface area contributed by atoms with Gasteiger partial charge in [0.15, 0.2) is 0 Å². The summed E-state index contributed by atoms with van der Waals surface area (Å²) in [6, 6.07) is 4.38. The monoisotopic (exact) mass is 150 g/mol. The highest BCUT2D eigenvalue weighted by Crippen LogP contribution is 2.12. The van der Waals surface area contributed by atoms with E-state index in [4.69, 9.17) is 0 Å². The van der Waals surface area contributed by atoms with Crippen LogP contribution in [0.2, 0.25) is 0 Å². The molecule has 0 aliphatic heterocycles. The van der Waals surface area contributed by atoms with Gasteiger partial charge in [-0.3, -0.25) is 4.98 Å². The van der Waals surface area contributed by atoms with E-state index < -0.39 is 0 Å². The third-order valence-corrected chi connectivity index (χ3v) is 1.89. The first-order valence-corrected chi connectivity index (χ1v) is 3.84. The molecule has 2 heteroatoms. The van der Waals surface area contributed by atoms with Crippen LogP contribution in [0.4, 0.5) is 0 Å². The smallest absolute Gasteiger partial charge is 0.0599 e. The quantitative estimate of drug-likeness (QED) is 0.693. The van der Waals surface area contributed by atoms with Gasteiger partial charge in [-0.1, -0.05) is 6.07 Å². The number of hydrogen-bond acceptors (Lipinski definition) is 2. The van der Waals surface area contributed by atoms with Crippen LogP contribution in [-0.2, 0) is 0 Å². The highest BCUT2D eigenvalue weighted by Gasteiger charge is 2.04. The molecule has 0 aliphatic rings. The molecule has 0 aliphatic carbocycles. The van der Waals surface area contributed by atoms with Gasteiger partial charge in [0, 0.05) is 12.2 Å². The van der Waals surface area contributed by atoms with Crippen LogP contribution in [0.1, 0.15) is 24.2 Å². The van der Waals surface area contributed by atoms with Crippen molar-refractivity contribution in [3.8, 4) is 0 Å².